The van der Waals surface area contributed by atoms with E-state index in [1.807, 2.05) is 20.8 Å². The molecule has 0 saturated carbocycles. The molecular weight excluding hydrogens is 196 g/mol. The zero-order valence-corrected chi connectivity index (χ0v) is 9.83. The normalized spacial score (nSPS) is 10.9. The minimum atomic E-state index is -0.846. The van der Waals surface area contributed by atoms with Crippen LogP contribution >= 0.6 is 0 Å². The molecule has 5 nitrogen and oxygen atoms in total. The van der Waals surface area contributed by atoms with Gasteiger partial charge in [-0.05, 0) is 27.2 Å². The van der Waals surface area contributed by atoms with E-state index in [0.717, 1.165) is 0 Å². The van der Waals surface area contributed by atoms with Gasteiger partial charge < -0.3 is 15.3 Å². The monoisotopic (exact) mass is 216 g/mol. The summed E-state index contributed by atoms with van der Waals surface area (Å²) in [6, 6.07) is -0.173. The summed E-state index contributed by atoms with van der Waals surface area (Å²) in [6.45, 7) is 6.14. The number of amides is 2. The van der Waals surface area contributed by atoms with Crippen LogP contribution < -0.4 is 5.32 Å². The lowest BCUT2D eigenvalue weighted by Crippen LogP contribution is -2.49. The predicted molar refractivity (Wildman–Crippen MR) is 57.8 cm³/mol. The van der Waals surface area contributed by atoms with Crippen molar-refractivity contribution in [3.05, 3.63) is 0 Å². The van der Waals surface area contributed by atoms with Crippen LogP contribution in [0.2, 0.25) is 0 Å². The van der Waals surface area contributed by atoms with E-state index in [2.05, 4.69) is 5.32 Å². The fourth-order valence-corrected chi connectivity index (χ4v) is 1.01. The summed E-state index contributed by atoms with van der Waals surface area (Å²) in [5.41, 5.74) is -0.487. The van der Waals surface area contributed by atoms with Crippen molar-refractivity contribution in [3.63, 3.8) is 0 Å². The van der Waals surface area contributed by atoms with Crippen LogP contribution in [0, 0.1) is 0 Å². The SMILES string of the molecule is CCN(C)C(=O)NC(C)(C)CCC(=O)O. The summed E-state index contributed by atoms with van der Waals surface area (Å²) in [7, 11) is 1.70. The zero-order chi connectivity index (χ0) is 12.1. The van der Waals surface area contributed by atoms with Gasteiger partial charge in [-0.2, -0.15) is 0 Å². The standard InChI is InChI=1S/C10H20N2O3/c1-5-12(4)9(15)11-10(2,3)7-6-8(13)14/h5-7H2,1-4H3,(H,11,15)(H,13,14). The van der Waals surface area contributed by atoms with Crippen LogP contribution in [-0.4, -0.2) is 41.1 Å². The van der Waals surface area contributed by atoms with Gasteiger partial charge in [0.1, 0.15) is 0 Å². The van der Waals surface area contributed by atoms with Gasteiger partial charge >= 0.3 is 12.0 Å². The topological polar surface area (TPSA) is 69.6 Å². The van der Waals surface area contributed by atoms with Gasteiger partial charge in [-0.25, -0.2) is 4.79 Å². The molecule has 0 spiro atoms. The molecular formula is C10H20N2O3. The van der Waals surface area contributed by atoms with E-state index >= 15 is 0 Å². The Bertz CT molecular complexity index is 239. The predicted octanol–water partition coefficient (Wildman–Crippen LogP) is 1.29. The first-order valence-electron chi connectivity index (χ1n) is 5.03. The lowest BCUT2D eigenvalue weighted by molar-refractivity contribution is -0.137. The molecule has 0 fully saturated rings. The number of nitrogens with zero attached hydrogens (tertiary/aromatic N) is 1. The van der Waals surface area contributed by atoms with Crippen molar-refractivity contribution in [2.24, 2.45) is 0 Å². The van der Waals surface area contributed by atoms with Crippen molar-refractivity contribution in [2.45, 2.75) is 39.2 Å². The van der Waals surface area contributed by atoms with E-state index in [1.165, 1.54) is 0 Å². The third-order valence-electron chi connectivity index (χ3n) is 2.23. The van der Waals surface area contributed by atoms with E-state index in [1.54, 1.807) is 11.9 Å². The van der Waals surface area contributed by atoms with Gasteiger partial charge in [0.2, 0.25) is 0 Å². The molecule has 88 valence electrons. The van der Waals surface area contributed by atoms with Crippen LogP contribution in [-0.2, 0) is 4.79 Å². The average molecular weight is 216 g/mol. The fraction of sp³-hybridized carbons (Fsp3) is 0.800. The molecule has 0 unspecified atom stereocenters. The average Bonchev–Trinajstić information content (AvgIpc) is 2.13. The third-order valence-corrected chi connectivity index (χ3v) is 2.23. The molecule has 0 bridgehead atoms. The molecule has 2 amide bonds. The summed E-state index contributed by atoms with van der Waals surface area (Å²) in [5, 5.41) is 11.3. The highest BCUT2D eigenvalue weighted by Gasteiger charge is 2.22. The first-order valence-corrected chi connectivity index (χ1v) is 5.03. The zero-order valence-electron chi connectivity index (χ0n) is 9.83. The van der Waals surface area contributed by atoms with Gasteiger partial charge in [0.05, 0.1) is 0 Å². The highest BCUT2D eigenvalue weighted by molar-refractivity contribution is 5.74. The van der Waals surface area contributed by atoms with E-state index < -0.39 is 11.5 Å². The molecule has 0 aliphatic heterocycles. The van der Waals surface area contributed by atoms with Crippen LogP contribution in [0.4, 0.5) is 4.79 Å². The molecule has 0 aromatic rings. The van der Waals surface area contributed by atoms with E-state index in [-0.39, 0.29) is 12.5 Å². The number of rotatable bonds is 5. The minimum Gasteiger partial charge on any atom is -0.481 e. The van der Waals surface area contributed by atoms with Crippen LogP contribution in [0.5, 0.6) is 0 Å². The summed E-state index contributed by atoms with van der Waals surface area (Å²) < 4.78 is 0. The molecule has 0 heterocycles. The summed E-state index contributed by atoms with van der Waals surface area (Å²) >= 11 is 0. The van der Waals surface area contributed by atoms with Crippen LogP contribution in [0.15, 0.2) is 0 Å². The maximum Gasteiger partial charge on any atom is 0.317 e. The van der Waals surface area contributed by atoms with Crippen LogP contribution in [0.25, 0.3) is 0 Å². The number of hydrogen-bond donors (Lipinski definition) is 2. The highest BCUT2D eigenvalue weighted by Crippen LogP contribution is 2.11. The molecule has 0 atom stereocenters. The Morgan fingerprint density at radius 2 is 1.93 bits per heavy atom. The van der Waals surface area contributed by atoms with Crippen molar-refractivity contribution in [1.82, 2.24) is 10.2 Å². The first-order chi connectivity index (χ1) is 6.78. The van der Waals surface area contributed by atoms with Crippen molar-refractivity contribution in [2.75, 3.05) is 13.6 Å². The van der Waals surface area contributed by atoms with Gasteiger partial charge in [-0.15, -0.1) is 0 Å². The Hall–Kier alpha value is -1.26. The molecule has 0 aliphatic rings. The van der Waals surface area contributed by atoms with Gasteiger partial charge in [-0.3, -0.25) is 4.79 Å². The molecule has 5 heteroatoms. The number of hydrogen-bond acceptors (Lipinski definition) is 2. The van der Waals surface area contributed by atoms with Crippen molar-refractivity contribution >= 4 is 12.0 Å². The van der Waals surface area contributed by atoms with Gasteiger partial charge in [0.15, 0.2) is 0 Å². The second-order valence-corrected chi connectivity index (χ2v) is 4.22. The Morgan fingerprint density at radius 1 is 1.40 bits per heavy atom. The molecule has 15 heavy (non-hydrogen) atoms. The third kappa shape index (κ3) is 5.93. The van der Waals surface area contributed by atoms with Crippen molar-refractivity contribution < 1.29 is 14.7 Å². The number of urea groups is 1. The van der Waals surface area contributed by atoms with Crippen LogP contribution in [0.3, 0.4) is 0 Å². The minimum absolute atomic E-state index is 0.0587. The fourth-order valence-electron chi connectivity index (χ4n) is 1.01. The largest absolute Gasteiger partial charge is 0.481 e. The Labute approximate surface area is 90.5 Å². The molecule has 0 rings (SSSR count). The molecule has 0 saturated heterocycles. The Balaban J connectivity index is 4.12. The second kappa shape index (κ2) is 5.58. The maximum absolute atomic E-state index is 11.5. The number of carboxylic acids is 1. The Morgan fingerprint density at radius 3 is 2.33 bits per heavy atom. The summed E-state index contributed by atoms with van der Waals surface area (Å²) in [6.07, 6.45) is 0.481. The summed E-state index contributed by atoms with van der Waals surface area (Å²) in [4.78, 5) is 23.4. The lowest BCUT2D eigenvalue weighted by atomic mass is 9.99. The maximum atomic E-state index is 11.5. The number of carboxylic acid groups (broad SMARTS) is 1. The number of carbonyl (C=O) groups is 2. The second-order valence-electron chi connectivity index (χ2n) is 4.22. The van der Waals surface area contributed by atoms with E-state index in [9.17, 15) is 9.59 Å². The molecule has 0 aromatic carbocycles. The van der Waals surface area contributed by atoms with Crippen LogP contribution in [0.1, 0.15) is 33.6 Å². The molecule has 0 aromatic heterocycles. The number of carbonyl (C=O) groups excluding carboxylic acids is 1. The van der Waals surface area contributed by atoms with Gasteiger partial charge in [0, 0.05) is 25.6 Å². The molecule has 0 aliphatic carbocycles. The quantitative estimate of drug-likeness (QED) is 0.727. The number of aliphatic carboxylic acids is 1. The summed E-state index contributed by atoms with van der Waals surface area (Å²) in [5.74, 6) is -0.846. The van der Waals surface area contributed by atoms with Crippen molar-refractivity contribution in [1.29, 1.82) is 0 Å². The van der Waals surface area contributed by atoms with Gasteiger partial charge in [0.25, 0.3) is 0 Å². The number of nitrogens with one attached hydrogen (secondary N) is 1. The Kier molecular flexibility index (Phi) is 5.11. The molecule has 2 N–H and O–H groups in total. The molecule has 0 radical (unpaired) electrons. The van der Waals surface area contributed by atoms with Gasteiger partial charge in [-0.1, -0.05) is 0 Å². The highest BCUT2D eigenvalue weighted by atomic mass is 16.4. The van der Waals surface area contributed by atoms with Crippen molar-refractivity contribution in [3.8, 4) is 0 Å². The van der Waals surface area contributed by atoms with E-state index in [4.69, 9.17) is 5.11 Å². The van der Waals surface area contributed by atoms with E-state index in [0.29, 0.717) is 13.0 Å². The lowest BCUT2D eigenvalue weighted by Gasteiger charge is -2.28. The smallest absolute Gasteiger partial charge is 0.317 e. The first kappa shape index (κ1) is 13.7.